The lowest BCUT2D eigenvalue weighted by atomic mass is 10.2. The number of hydrogen-bond donors (Lipinski definition) is 1. The van der Waals surface area contributed by atoms with E-state index in [0.717, 1.165) is 18.5 Å². The maximum absolute atomic E-state index is 10.7. The molecule has 0 heterocycles. The molecule has 108 valence electrons. The van der Waals surface area contributed by atoms with Gasteiger partial charge in [0.15, 0.2) is 0 Å². The second-order valence-corrected chi connectivity index (χ2v) is 4.48. The number of nitrogens with one attached hydrogen (secondary N) is 1. The molecule has 0 radical (unpaired) electrons. The van der Waals surface area contributed by atoms with Crippen molar-refractivity contribution >= 4 is 5.69 Å². The summed E-state index contributed by atoms with van der Waals surface area (Å²) < 4.78 is 5.54. The molecule has 0 saturated carbocycles. The number of benzene rings is 1. The molecule has 1 N–H and O–H groups in total. The number of nitro groups is 1. The molecule has 0 spiro atoms. The monoisotopic (exact) mass is 277 g/mol. The first-order valence-electron chi connectivity index (χ1n) is 6.59. The van der Waals surface area contributed by atoms with Gasteiger partial charge in [-0.2, -0.15) is 5.26 Å². The molecule has 6 nitrogen and oxygen atoms in total. The van der Waals surface area contributed by atoms with Gasteiger partial charge in [0.2, 0.25) is 0 Å². The molecule has 0 aromatic heterocycles. The Balaban J connectivity index is 2.55. The summed E-state index contributed by atoms with van der Waals surface area (Å²) >= 11 is 0. The predicted molar refractivity (Wildman–Crippen MR) is 75.6 cm³/mol. The standard InChI is InChI=1S/C14H19N3O3/c1-3-7-16-12(10-15)6-8-20-14-9-13(17(18)19)5-4-11(14)2/h4-5,9,12,16H,3,6-8H2,1-2H3. The molecule has 0 fully saturated rings. The molecule has 0 aliphatic heterocycles. The Hall–Kier alpha value is -2.13. The summed E-state index contributed by atoms with van der Waals surface area (Å²) in [6, 6.07) is 6.43. The Bertz CT molecular complexity index is 497. The van der Waals surface area contributed by atoms with Gasteiger partial charge in [0, 0.05) is 12.5 Å². The van der Waals surface area contributed by atoms with Crippen LogP contribution in [0.3, 0.4) is 0 Å². The third-order valence-electron chi connectivity index (χ3n) is 2.84. The SMILES string of the molecule is CCCNC(C#N)CCOc1cc([N+](=O)[O-])ccc1C. The lowest BCUT2D eigenvalue weighted by Crippen LogP contribution is -2.29. The topological polar surface area (TPSA) is 88.2 Å². The van der Waals surface area contributed by atoms with Gasteiger partial charge in [-0.15, -0.1) is 0 Å². The Morgan fingerprint density at radius 2 is 2.30 bits per heavy atom. The van der Waals surface area contributed by atoms with Crippen molar-refractivity contribution in [1.82, 2.24) is 5.32 Å². The van der Waals surface area contributed by atoms with Gasteiger partial charge in [0.05, 0.1) is 29.7 Å². The van der Waals surface area contributed by atoms with Crippen molar-refractivity contribution < 1.29 is 9.66 Å². The fourth-order valence-electron chi connectivity index (χ4n) is 1.68. The van der Waals surface area contributed by atoms with Crippen molar-refractivity contribution in [2.75, 3.05) is 13.2 Å². The minimum atomic E-state index is -0.451. The van der Waals surface area contributed by atoms with Crippen LogP contribution in [0.1, 0.15) is 25.3 Å². The van der Waals surface area contributed by atoms with Crippen LogP contribution in [0.15, 0.2) is 18.2 Å². The highest BCUT2D eigenvalue weighted by atomic mass is 16.6. The zero-order chi connectivity index (χ0) is 15.0. The number of ether oxygens (including phenoxy) is 1. The number of non-ortho nitro benzene ring substituents is 1. The minimum Gasteiger partial charge on any atom is -0.493 e. The van der Waals surface area contributed by atoms with Gasteiger partial charge in [-0.3, -0.25) is 10.1 Å². The molecule has 0 amide bonds. The quantitative estimate of drug-likeness (QED) is 0.582. The summed E-state index contributed by atoms with van der Waals surface area (Å²) in [5.74, 6) is 0.492. The van der Waals surface area contributed by atoms with E-state index in [1.54, 1.807) is 6.07 Å². The van der Waals surface area contributed by atoms with Crippen molar-refractivity contribution in [2.24, 2.45) is 0 Å². The Kier molecular flexibility index (Phi) is 6.47. The van der Waals surface area contributed by atoms with Crippen molar-refractivity contribution in [3.05, 3.63) is 33.9 Å². The Morgan fingerprint density at radius 3 is 2.90 bits per heavy atom. The van der Waals surface area contributed by atoms with E-state index < -0.39 is 4.92 Å². The van der Waals surface area contributed by atoms with Crippen molar-refractivity contribution in [1.29, 1.82) is 5.26 Å². The van der Waals surface area contributed by atoms with Crippen LogP contribution in [0, 0.1) is 28.4 Å². The average molecular weight is 277 g/mol. The number of nitrogens with zero attached hydrogens (tertiary/aromatic N) is 2. The summed E-state index contributed by atoms with van der Waals surface area (Å²) in [5, 5.41) is 22.8. The summed E-state index contributed by atoms with van der Waals surface area (Å²) in [5.41, 5.74) is 0.845. The van der Waals surface area contributed by atoms with Crippen molar-refractivity contribution in [2.45, 2.75) is 32.7 Å². The molecule has 1 rings (SSSR count). The van der Waals surface area contributed by atoms with E-state index in [4.69, 9.17) is 10.00 Å². The molecule has 0 bridgehead atoms. The second kappa shape index (κ2) is 8.12. The zero-order valence-corrected chi connectivity index (χ0v) is 11.8. The number of nitriles is 1. The highest BCUT2D eigenvalue weighted by Crippen LogP contribution is 2.24. The molecule has 20 heavy (non-hydrogen) atoms. The first-order chi connectivity index (χ1) is 9.58. The summed E-state index contributed by atoms with van der Waals surface area (Å²) in [6.45, 7) is 4.99. The third kappa shape index (κ3) is 4.86. The molecular weight excluding hydrogens is 258 g/mol. The average Bonchev–Trinajstić information content (AvgIpc) is 2.44. The molecule has 1 aromatic carbocycles. The van der Waals surface area contributed by atoms with Crippen LogP contribution in [0.25, 0.3) is 0 Å². The van der Waals surface area contributed by atoms with E-state index in [0.29, 0.717) is 18.8 Å². The van der Waals surface area contributed by atoms with Crippen LogP contribution < -0.4 is 10.1 Å². The van der Waals surface area contributed by atoms with Crippen molar-refractivity contribution in [3.8, 4) is 11.8 Å². The van der Waals surface area contributed by atoms with Gasteiger partial charge in [-0.1, -0.05) is 6.92 Å². The van der Waals surface area contributed by atoms with E-state index in [1.807, 2.05) is 13.8 Å². The zero-order valence-electron chi connectivity index (χ0n) is 11.8. The van der Waals surface area contributed by atoms with Gasteiger partial charge in [0.1, 0.15) is 5.75 Å². The number of hydrogen-bond acceptors (Lipinski definition) is 5. The smallest absolute Gasteiger partial charge is 0.273 e. The third-order valence-corrected chi connectivity index (χ3v) is 2.84. The van der Waals surface area contributed by atoms with Crippen LogP contribution >= 0.6 is 0 Å². The number of aryl methyl sites for hydroxylation is 1. The van der Waals surface area contributed by atoms with E-state index in [-0.39, 0.29) is 11.7 Å². The maximum Gasteiger partial charge on any atom is 0.273 e. The minimum absolute atomic E-state index is 0.00606. The van der Waals surface area contributed by atoms with E-state index in [1.165, 1.54) is 12.1 Å². The lowest BCUT2D eigenvalue weighted by molar-refractivity contribution is -0.384. The molecule has 0 aliphatic rings. The highest BCUT2D eigenvalue weighted by Gasteiger charge is 2.11. The summed E-state index contributed by atoms with van der Waals surface area (Å²) in [6.07, 6.45) is 1.50. The lowest BCUT2D eigenvalue weighted by Gasteiger charge is -2.12. The number of nitro benzene ring substituents is 1. The van der Waals surface area contributed by atoms with Crippen LogP contribution in [0.5, 0.6) is 5.75 Å². The van der Waals surface area contributed by atoms with Crippen LogP contribution in [-0.2, 0) is 0 Å². The highest BCUT2D eigenvalue weighted by molar-refractivity contribution is 5.43. The van der Waals surface area contributed by atoms with Crippen LogP contribution in [0.4, 0.5) is 5.69 Å². The van der Waals surface area contributed by atoms with E-state index >= 15 is 0 Å². The molecule has 1 unspecified atom stereocenters. The van der Waals surface area contributed by atoms with Gasteiger partial charge in [-0.25, -0.2) is 0 Å². The summed E-state index contributed by atoms with van der Waals surface area (Å²) in [4.78, 5) is 10.3. The first-order valence-corrected chi connectivity index (χ1v) is 6.59. The predicted octanol–water partition coefficient (Wildman–Crippen LogP) is 2.56. The fraction of sp³-hybridized carbons (Fsp3) is 0.500. The molecular formula is C14H19N3O3. The first kappa shape index (κ1) is 15.9. The molecule has 6 heteroatoms. The van der Waals surface area contributed by atoms with Crippen LogP contribution in [0.2, 0.25) is 0 Å². The Morgan fingerprint density at radius 1 is 1.55 bits per heavy atom. The number of rotatable bonds is 8. The molecule has 1 atom stereocenters. The van der Waals surface area contributed by atoms with Gasteiger partial charge in [0.25, 0.3) is 5.69 Å². The second-order valence-electron chi connectivity index (χ2n) is 4.48. The van der Waals surface area contributed by atoms with Gasteiger partial charge >= 0.3 is 0 Å². The van der Waals surface area contributed by atoms with Crippen molar-refractivity contribution in [3.63, 3.8) is 0 Å². The summed E-state index contributed by atoms with van der Waals surface area (Å²) in [7, 11) is 0. The van der Waals surface area contributed by atoms with E-state index in [2.05, 4.69) is 11.4 Å². The largest absolute Gasteiger partial charge is 0.493 e. The van der Waals surface area contributed by atoms with E-state index in [9.17, 15) is 10.1 Å². The maximum atomic E-state index is 10.7. The van der Waals surface area contributed by atoms with Gasteiger partial charge < -0.3 is 10.1 Å². The van der Waals surface area contributed by atoms with Crippen LogP contribution in [-0.4, -0.2) is 24.1 Å². The molecule has 0 aliphatic carbocycles. The molecule has 0 saturated heterocycles. The molecule has 1 aromatic rings. The Labute approximate surface area is 118 Å². The fourth-order valence-corrected chi connectivity index (χ4v) is 1.68. The normalized spacial score (nSPS) is 11.7. The van der Waals surface area contributed by atoms with Gasteiger partial charge in [-0.05, 0) is 31.5 Å².